The highest BCUT2D eigenvalue weighted by molar-refractivity contribution is 5.70. The SMILES string of the molecule is CCC(C)(C)c1nnnn1C(C)C(C)C(=O)O. The molecule has 2 atom stereocenters. The quantitative estimate of drug-likeness (QED) is 0.846. The van der Waals surface area contributed by atoms with Crippen LogP contribution in [0.5, 0.6) is 0 Å². The number of carboxylic acids is 1. The molecular formula is C11H20N4O2. The zero-order chi connectivity index (χ0) is 13.2. The zero-order valence-electron chi connectivity index (χ0n) is 11.0. The van der Waals surface area contributed by atoms with Crippen molar-refractivity contribution in [2.45, 2.75) is 52.5 Å². The molecule has 1 aromatic rings. The minimum Gasteiger partial charge on any atom is -0.481 e. The molecule has 1 heterocycles. The molecule has 6 nitrogen and oxygen atoms in total. The first kappa shape index (κ1) is 13.6. The Morgan fingerprint density at radius 1 is 1.47 bits per heavy atom. The summed E-state index contributed by atoms with van der Waals surface area (Å²) in [7, 11) is 0. The molecule has 1 N–H and O–H groups in total. The Labute approximate surface area is 101 Å². The van der Waals surface area contributed by atoms with Gasteiger partial charge in [0.1, 0.15) is 0 Å². The van der Waals surface area contributed by atoms with Gasteiger partial charge in [-0.2, -0.15) is 0 Å². The van der Waals surface area contributed by atoms with E-state index in [1.165, 1.54) is 0 Å². The van der Waals surface area contributed by atoms with E-state index < -0.39 is 11.9 Å². The van der Waals surface area contributed by atoms with Gasteiger partial charge in [-0.15, -0.1) is 5.10 Å². The summed E-state index contributed by atoms with van der Waals surface area (Å²) in [5, 5.41) is 20.6. The van der Waals surface area contributed by atoms with E-state index in [2.05, 4.69) is 22.4 Å². The molecule has 0 radical (unpaired) electrons. The van der Waals surface area contributed by atoms with Crippen LogP contribution in [0.1, 0.15) is 52.9 Å². The van der Waals surface area contributed by atoms with Crippen molar-refractivity contribution in [3.8, 4) is 0 Å². The van der Waals surface area contributed by atoms with E-state index in [9.17, 15) is 4.79 Å². The number of hydrogen-bond acceptors (Lipinski definition) is 4. The molecule has 0 bridgehead atoms. The molecule has 0 aliphatic heterocycles. The van der Waals surface area contributed by atoms with Gasteiger partial charge >= 0.3 is 5.97 Å². The second-order valence-corrected chi connectivity index (χ2v) is 5.05. The van der Waals surface area contributed by atoms with Gasteiger partial charge in [0.2, 0.25) is 0 Å². The van der Waals surface area contributed by atoms with Gasteiger partial charge in [-0.05, 0) is 30.7 Å². The van der Waals surface area contributed by atoms with Crippen molar-refractivity contribution in [3.63, 3.8) is 0 Å². The lowest BCUT2D eigenvalue weighted by molar-refractivity contribution is -0.142. The molecule has 0 spiro atoms. The van der Waals surface area contributed by atoms with Gasteiger partial charge in [0.25, 0.3) is 0 Å². The van der Waals surface area contributed by atoms with Crippen molar-refractivity contribution in [1.29, 1.82) is 0 Å². The number of nitrogens with zero attached hydrogens (tertiary/aromatic N) is 4. The maximum Gasteiger partial charge on any atom is 0.308 e. The number of aliphatic carboxylic acids is 1. The standard InChI is InChI=1S/C11H20N4O2/c1-6-11(4,5)10-12-13-14-15(10)8(3)7(2)9(16)17/h7-8H,6H2,1-5H3,(H,16,17). The van der Waals surface area contributed by atoms with Crippen molar-refractivity contribution in [2.24, 2.45) is 5.92 Å². The minimum atomic E-state index is -0.840. The number of aromatic nitrogens is 4. The molecule has 0 saturated carbocycles. The molecule has 0 aliphatic carbocycles. The van der Waals surface area contributed by atoms with Gasteiger partial charge in [0, 0.05) is 5.41 Å². The van der Waals surface area contributed by atoms with E-state index in [1.54, 1.807) is 11.6 Å². The number of carboxylic acid groups (broad SMARTS) is 1. The molecule has 1 aromatic heterocycles. The topological polar surface area (TPSA) is 80.9 Å². The van der Waals surface area contributed by atoms with Crippen molar-refractivity contribution < 1.29 is 9.90 Å². The molecule has 0 saturated heterocycles. The molecule has 17 heavy (non-hydrogen) atoms. The lowest BCUT2D eigenvalue weighted by Gasteiger charge is -2.25. The number of tetrazole rings is 1. The molecule has 6 heteroatoms. The smallest absolute Gasteiger partial charge is 0.308 e. The number of carbonyl (C=O) groups is 1. The van der Waals surface area contributed by atoms with Gasteiger partial charge in [0.05, 0.1) is 12.0 Å². The van der Waals surface area contributed by atoms with Gasteiger partial charge < -0.3 is 5.11 Å². The van der Waals surface area contributed by atoms with Gasteiger partial charge in [-0.3, -0.25) is 4.79 Å². The first-order valence-corrected chi connectivity index (χ1v) is 5.82. The predicted octanol–water partition coefficient (Wildman–Crippen LogP) is 1.64. The van der Waals surface area contributed by atoms with Gasteiger partial charge in [-0.25, -0.2) is 4.68 Å². The van der Waals surface area contributed by atoms with Crippen LogP contribution < -0.4 is 0 Å². The summed E-state index contributed by atoms with van der Waals surface area (Å²) in [5.41, 5.74) is -0.157. The summed E-state index contributed by atoms with van der Waals surface area (Å²) >= 11 is 0. The van der Waals surface area contributed by atoms with E-state index in [0.29, 0.717) is 0 Å². The molecule has 1 rings (SSSR count). The molecule has 0 fully saturated rings. The Balaban J connectivity index is 3.08. The molecule has 0 aromatic carbocycles. The normalized spacial score (nSPS) is 15.6. The minimum absolute atomic E-state index is 0.157. The average molecular weight is 240 g/mol. The Bertz CT molecular complexity index is 400. The van der Waals surface area contributed by atoms with Crippen molar-refractivity contribution in [2.75, 3.05) is 0 Å². The van der Waals surface area contributed by atoms with E-state index >= 15 is 0 Å². The van der Waals surface area contributed by atoms with Crippen LogP contribution in [-0.4, -0.2) is 31.3 Å². The Morgan fingerprint density at radius 2 is 2.06 bits per heavy atom. The van der Waals surface area contributed by atoms with Crippen LogP contribution in [0.25, 0.3) is 0 Å². The highest BCUT2D eigenvalue weighted by atomic mass is 16.4. The first-order valence-electron chi connectivity index (χ1n) is 5.82. The lowest BCUT2D eigenvalue weighted by Crippen LogP contribution is -2.29. The Kier molecular flexibility index (Phi) is 3.85. The van der Waals surface area contributed by atoms with Crippen LogP contribution >= 0.6 is 0 Å². The van der Waals surface area contributed by atoms with Crippen LogP contribution in [0.4, 0.5) is 0 Å². The maximum atomic E-state index is 11.0. The summed E-state index contributed by atoms with van der Waals surface area (Å²) in [6.07, 6.45) is 0.890. The van der Waals surface area contributed by atoms with Crippen LogP contribution in [0, 0.1) is 5.92 Å². The monoisotopic (exact) mass is 240 g/mol. The van der Waals surface area contributed by atoms with Crippen LogP contribution in [0.15, 0.2) is 0 Å². The third kappa shape index (κ3) is 2.62. The van der Waals surface area contributed by atoms with E-state index in [0.717, 1.165) is 12.2 Å². The fourth-order valence-corrected chi connectivity index (χ4v) is 1.49. The summed E-state index contributed by atoms with van der Waals surface area (Å²) < 4.78 is 1.63. The van der Waals surface area contributed by atoms with E-state index in [1.807, 2.05) is 20.8 Å². The van der Waals surface area contributed by atoms with E-state index in [-0.39, 0.29) is 11.5 Å². The Morgan fingerprint density at radius 3 is 2.53 bits per heavy atom. The van der Waals surface area contributed by atoms with E-state index in [4.69, 9.17) is 5.11 Å². The first-order chi connectivity index (χ1) is 7.81. The highest BCUT2D eigenvalue weighted by Crippen LogP contribution is 2.27. The maximum absolute atomic E-state index is 11.0. The zero-order valence-corrected chi connectivity index (χ0v) is 11.0. The summed E-state index contributed by atoms with van der Waals surface area (Å²) in [6.45, 7) is 9.65. The van der Waals surface area contributed by atoms with Crippen molar-refractivity contribution in [3.05, 3.63) is 5.82 Å². The van der Waals surface area contributed by atoms with Crippen LogP contribution in [0.3, 0.4) is 0 Å². The van der Waals surface area contributed by atoms with Crippen molar-refractivity contribution >= 4 is 5.97 Å². The number of rotatable bonds is 5. The fourth-order valence-electron chi connectivity index (χ4n) is 1.49. The Hall–Kier alpha value is -1.46. The van der Waals surface area contributed by atoms with Crippen LogP contribution in [0.2, 0.25) is 0 Å². The third-order valence-corrected chi connectivity index (χ3v) is 3.48. The lowest BCUT2D eigenvalue weighted by atomic mass is 9.88. The van der Waals surface area contributed by atoms with Gasteiger partial charge in [0.15, 0.2) is 5.82 Å². The second kappa shape index (κ2) is 4.81. The molecule has 0 amide bonds. The fraction of sp³-hybridized carbons (Fsp3) is 0.818. The van der Waals surface area contributed by atoms with Gasteiger partial charge in [-0.1, -0.05) is 20.8 Å². The molecule has 2 unspecified atom stereocenters. The molecule has 96 valence electrons. The summed E-state index contributed by atoms with van der Waals surface area (Å²) in [6, 6.07) is -0.261. The van der Waals surface area contributed by atoms with Crippen LogP contribution in [-0.2, 0) is 10.2 Å². The van der Waals surface area contributed by atoms with Crippen molar-refractivity contribution in [1.82, 2.24) is 20.2 Å². The summed E-state index contributed by atoms with van der Waals surface area (Å²) in [4.78, 5) is 11.0. The highest BCUT2D eigenvalue weighted by Gasteiger charge is 2.30. The third-order valence-electron chi connectivity index (χ3n) is 3.48. The summed E-state index contributed by atoms with van der Waals surface area (Å²) in [5.74, 6) is -0.626. The molecule has 0 aliphatic rings. The average Bonchev–Trinajstić information content (AvgIpc) is 2.76. The largest absolute Gasteiger partial charge is 0.481 e. The second-order valence-electron chi connectivity index (χ2n) is 5.05. The number of hydrogen-bond donors (Lipinski definition) is 1. The predicted molar refractivity (Wildman–Crippen MR) is 62.6 cm³/mol. The molecular weight excluding hydrogens is 220 g/mol.